The second kappa shape index (κ2) is 5.51. The third-order valence-electron chi connectivity index (χ3n) is 3.12. The van der Waals surface area contributed by atoms with Crippen LogP contribution in [0.4, 0.5) is 5.69 Å². The van der Waals surface area contributed by atoms with E-state index >= 15 is 0 Å². The fraction of sp³-hybridized carbons (Fsp3) is 0.125. The first-order valence-electron chi connectivity index (χ1n) is 6.44. The van der Waals surface area contributed by atoms with E-state index in [1.807, 2.05) is 31.5 Å². The van der Waals surface area contributed by atoms with Crippen molar-refractivity contribution in [3.8, 4) is 0 Å². The summed E-state index contributed by atoms with van der Waals surface area (Å²) in [4.78, 5) is 8.86. The van der Waals surface area contributed by atoms with Crippen LogP contribution in [0.15, 0.2) is 53.8 Å². The van der Waals surface area contributed by atoms with E-state index in [1.165, 1.54) is 17.5 Å². The molecule has 0 aliphatic carbocycles. The van der Waals surface area contributed by atoms with Gasteiger partial charge in [0.05, 0.1) is 11.2 Å². The zero-order valence-electron chi connectivity index (χ0n) is 11.4. The van der Waals surface area contributed by atoms with Gasteiger partial charge in [-0.3, -0.25) is 4.98 Å². The number of benzene rings is 1. The molecular formula is C16H15N3S. The van der Waals surface area contributed by atoms with E-state index in [9.17, 15) is 0 Å². The van der Waals surface area contributed by atoms with E-state index in [0.29, 0.717) is 0 Å². The Morgan fingerprint density at radius 1 is 1.00 bits per heavy atom. The van der Waals surface area contributed by atoms with Gasteiger partial charge in [0.25, 0.3) is 0 Å². The molecule has 0 unspecified atom stereocenters. The molecule has 0 radical (unpaired) electrons. The number of fused-ring (bicyclic) bond motifs is 1. The topological polar surface area (TPSA) is 37.8 Å². The molecule has 0 fully saturated rings. The van der Waals surface area contributed by atoms with Crippen LogP contribution in [0.3, 0.4) is 0 Å². The number of pyridine rings is 2. The maximum Gasteiger partial charge on any atom is 0.117 e. The first-order chi connectivity index (χ1) is 9.74. The Labute approximate surface area is 122 Å². The largest absolute Gasteiger partial charge is 0.322 e. The van der Waals surface area contributed by atoms with Gasteiger partial charge in [0.15, 0.2) is 0 Å². The molecule has 1 N–H and O–H groups in total. The molecule has 1 aromatic carbocycles. The molecule has 20 heavy (non-hydrogen) atoms. The van der Waals surface area contributed by atoms with Crippen LogP contribution in [-0.4, -0.2) is 9.97 Å². The molecule has 4 heteroatoms. The molecule has 3 nitrogen and oxygen atoms in total. The molecule has 3 aromatic rings. The number of nitrogens with zero attached hydrogens (tertiary/aromatic N) is 2. The summed E-state index contributed by atoms with van der Waals surface area (Å²) in [7, 11) is 0. The zero-order valence-corrected chi connectivity index (χ0v) is 12.2. The fourth-order valence-electron chi connectivity index (χ4n) is 1.99. The van der Waals surface area contributed by atoms with Gasteiger partial charge in [0.1, 0.15) is 5.03 Å². The van der Waals surface area contributed by atoms with Crippen molar-refractivity contribution < 1.29 is 0 Å². The van der Waals surface area contributed by atoms with Crippen LogP contribution in [0.5, 0.6) is 0 Å². The first-order valence-corrected chi connectivity index (χ1v) is 7.25. The predicted octanol–water partition coefficient (Wildman–Crippen LogP) is 4.37. The van der Waals surface area contributed by atoms with Crippen LogP contribution in [0.2, 0.25) is 0 Å². The molecule has 0 aliphatic rings. The lowest BCUT2D eigenvalue weighted by Gasteiger charge is -2.11. The SMILES string of the molecule is Cc1ccc(SNc2c(C)ccc3cccnc23)nc1. The number of aryl methyl sites for hydroxylation is 2. The molecule has 0 saturated carbocycles. The van der Waals surface area contributed by atoms with Gasteiger partial charge in [-0.05, 0) is 37.1 Å². The van der Waals surface area contributed by atoms with E-state index < -0.39 is 0 Å². The van der Waals surface area contributed by atoms with Crippen molar-refractivity contribution in [3.63, 3.8) is 0 Å². The van der Waals surface area contributed by atoms with Crippen LogP contribution in [0.25, 0.3) is 10.9 Å². The highest BCUT2D eigenvalue weighted by Crippen LogP contribution is 2.29. The molecule has 2 heterocycles. The normalized spacial score (nSPS) is 10.7. The summed E-state index contributed by atoms with van der Waals surface area (Å²) in [5, 5.41) is 2.08. The Balaban J connectivity index is 1.90. The third-order valence-corrected chi connectivity index (χ3v) is 3.88. The van der Waals surface area contributed by atoms with Gasteiger partial charge in [-0.15, -0.1) is 0 Å². The molecule has 2 aromatic heterocycles. The number of nitrogens with one attached hydrogen (secondary N) is 1. The van der Waals surface area contributed by atoms with Crippen molar-refractivity contribution >= 4 is 28.5 Å². The second-order valence-electron chi connectivity index (χ2n) is 4.71. The van der Waals surface area contributed by atoms with Crippen LogP contribution in [0, 0.1) is 13.8 Å². The molecule has 0 spiro atoms. The molecule has 0 aliphatic heterocycles. The average molecular weight is 281 g/mol. The van der Waals surface area contributed by atoms with E-state index in [-0.39, 0.29) is 0 Å². The lowest BCUT2D eigenvalue weighted by atomic mass is 10.1. The van der Waals surface area contributed by atoms with E-state index in [0.717, 1.165) is 27.2 Å². The van der Waals surface area contributed by atoms with Gasteiger partial charge in [-0.2, -0.15) is 0 Å². The molecule has 100 valence electrons. The second-order valence-corrected chi connectivity index (χ2v) is 5.54. The highest BCUT2D eigenvalue weighted by molar-refractivity contribution is 8.00. The lowest BCUT2D eigenvalue weighted by molar-refractivity contribution is 1.11. The van der Waals surface area contributed by atoms with Gasteiger partial charge in [-0.25, -0.2) is 4.98 Å². The highest BCUT2D eigenvalue weighted by atomic mass is 32.2. The van der Waals surface area contributed by atoms with Crippen LogP contribution >= 0.6 is 11.9 Å². The van der Waals surface area contributed by atoms with Crippen LogP contribution in [-0.2, 0) is 0 Å². The Morgan fingerprint density at radius 3 is 2.70 bits per heavy atom. The summed E-state index contributed by atoms with van der Waals surface area (Å²) in [5.74, 6) is 0. The van der Waals surface area contributed by atoms with Crippen LogP contribution in [0.1, 0.15) is 11.1 Å². The molecule has 0 saturated heterocycles. The predicted molar refractivity (Wildman–Crippen MR) is 84.9 cm³/mol. The van der Waals surface area contributed by atoms with E-state index in [2.05, 4.69) is 45.9 Å². The van der Waals surface area contributed by atoms with Crippen molar-refractivity contribution in [1.82, 2.24) is 9.97 Å². The number of anilines is 1. The summed E-state index contributed by atoms with van der Waals surface area (Å²) < 4.78 is 3.38. The Kier molecular flexibility index (Phi) is 3.56. The summed E-state index contributed by atoms with van der Waals surface area (Å²) in [6.07, 6.45) is 3.69. The minimum absolute atomic E-state index is 0.947. The average Bonchev–Trinajstić information content (AvgIpc) is 2.48. The fourth-order valence-corrected chi connectivity index (χ4v) is 2.70. The lowest BCUT2D eigenvalue weighted by Crippen LogP contribution is -1.94. The standard InChI is InChI=1S/C16H15N3S/c1-11-5-8-14(18-10-11)20-19-15-12(2)6-7-13-4-3-9-17-16(13)15/h3-10,19H,1-2H3. The number of aromatic nitrogens is 2. The highest BCUT2D eigenvalue weighted by Gasteiger charge is 2.06. The van der Waals surface area contributed by atoms with Crippen LogP contribution < -0.4 is 4.72 Å². The molecule has 3 rings (SSSR count). The van der Waals surface area contributed by atoms with Gasteiger partial charge >= 0.3 is 0 Å². The monoisotopic (exact) mass is 281 g/mol. The number of hydrogen-bond donors (Lipinski definition) is 1. The van der Waals surface area contributed by atoms with E-state index in [1.54, 1.807) is 0 Å². The first kappa shape index (κ1) is 12.9. The van der Waals surface area contributed by atoms with E-state index in [4.69, 9.17) is 0 Å². The van der Waals surface area contributed by atoms with Gasteiger partial charge in [0, 0.05) is 29.7 Å². The maximum atomic E-state index is 4.47. The molecular weight excluding hydrogens is 266 g/mol. The van der Waals surface area contributed by atoms with Gasteiger partial charge in [0.2, 0.25) is 0 Å². The minimum atomic E-state index is 0.947. The summed E-state index contributed by atoms with van der Waals surface area (Å²) in [5.41, 5.74) is 4.38. The number of rotatable bonds is 3. The van der Waals surface area contributed by atoms with Gasteiger partial charge < -0.3 is 4.72 Å². The smallest absolute Gasteiger partial charge is 0.117 e. The third kappa shape index (κ3) is 2.60. The Bertz CT molecular complexity index is 738. The van der Waals surface area contributed by atoms with Crippen molar-refractivity contribution in [2.24, 2.45) is 0 Å². The van der Waals surface area contributed by atoms with Crippen molar-refractivity contribution in [3.05, 3.63) is 59.9 Å². The summed E-state index contributed by atoms with van der Waals surface area (Å²) >= 11 is 1.51. The minimum Gasteiger partial charge on any atom is -0.322 e. The quantitative estimate of drug-likeness (QED) is 0.724. The van der Waals surface area contributed by atoms with Crippen molar-refractivity contribution in [2.75, 3.05) is 4.72 Å². The molecule has 0 atom stereocenters. The molecule has 0 bridgehead atoms. The summed E-state index contributed by atoms with van der Waals surface area (Å²) in [6, 6.07) is 12.3. The Hall–Kier alpha value is -2.07. The molecule has 0 amide bonds. The van der Waals surface area contributed by atoms with Crippen molar-refractivity contribution in [2.45, 2.75) is 18.9 Å². The van der Waals surface area contributed by atoms with Gasteiger partial charge in [-0.1, -0.05) is 24.3 Å². The Morgan fingerprint density at radius 2 is 1.90 bits per heavy atom. The maximum absolute atomic E-state index is 4.47. The zero-order chi connectivity index (χ0) is 13.9. The number of hydrogen-bond acceptors (Lipinski definition) is 4. The summed E-state index contributed by atoms with van der Waals surface area (Å²) in [6.45, 7) is 4.12. The van der Waals surface area contributed by atoms with Crippen molar-refractivity contribution in [1.29, 1.82) is 0 Å².